The van der Waals surface area contributed by atoms with Crippen molar-refractivity contribution in [3.8, 4) is 5.75 Å². The molecule has 2 aliphatic rings. The van der Waals surface area contributed by atoms with Crippen LogP contribution in [0.25, 0.3) is 0 Å². The van der Waals surface area contributed by atoms with Gasteiger partial charge in [0, 0.05) is 44.2 Å². The van der Waals surface area contributed by atoms with Gasteiger partial charge in [0.15, 0.2) is 11.2 Å². The van der Waals surface area contributed by atoms with E-state index in [9.17, 15) is 19.2 Å². The summed E-state index contributed by atoms with van der Waals surface area (Å²) in [5.41, 5.74) is -0.170. The fraction of sp³-hybridized carbons (Fsp3) is 0.643. The van der Waals surface area contributed by atoms with Crippen LogP contribution in [0.15, 0.2) is 12.1 Å². The summed E-state index contributed by atoms with van der Waals surface area (Å²) in [7, 11) is 0. The molecule has 1 unspecified atom stereocenters. The Hall–Kier alpha value is -3.01. The van der Waals surface area contributed by atoms with Crippen LogP contribution in [0, 0.1) is 6.92 Å². The number of benzene rings is 1. The fourth-order valence-electron chi connectivity index (χ4n) is 5.12. The Morgan fingerprint density at radius 1 is 1.26 bits per heavy atom. The number of halogens is 1. The zero-order valence-electron chi connectivity index (χ0n) is 24.0. The number of likely N-dealkylation sites (tertiary alicyclic amines) is 1. The van der Waals surface area contributed by atoms with Crippen LogP contribution in [-0.2, 0) is 14.3 Å². The Kier molecular flexibility index (Phi) is 9.74. The molecule has 39 heavy (non-hydrogen) atoms. The van der Waals surface area contributed by atoms with Gasteiger partial charge in [-0.05, 0) is 72.1 Å². The van der Waals surface area contributed by atoms with Crippen molar-refractivity contribution in [3.63, 3.8) is 0 Å². The van der Waals surface area contributed by atoms with E-state index in [-0.39, 0.29) is 42.9 Å². The largest absolute Gasteiger partial charge is 0.476 e. The van der Waals surface area contributed by atoms with Crippen molar-refractivity contribution in [3.05, 3.63) is 23.3 Å². The highest BCUT2D eigenvalue weighted by atomic mass is 35.5. The van der Waals surface area contributed by atoms with E-state index in [0.717, 1.165) is 18.4 Å². The minimum absolute atomic E-state index is 0.103. The summed E-state index contributed by atoms with van der Waals surface area (Å²) in [4.78, 5) is 56.7. The number of carbonyl (C=O) groups is 4. The molecule has 2 heterocycles. The fourth-order valence-corrected chi connectivity index (χ4v) is 5.20. The Bertz CT molecular complexity index is 1110. The first-order valence-electron chi connectivity index (χ1n) is 13.6. The quantitative estimate of drug-likeness (QED) is 0.477. The number of anilines is 1. The number of piperidine rings is 1. The predicted molar refractivity (Wildman–Crippen MR) is 149 cm³/mol. The normalized spacial score (nSPS) is 19.2. The minimum Gasteiger partial charge on any atom is -0.476 e. The highest BCUT2D eigenvalue weighted by Crippen LogP contribution is 2.40. The zero-order valence-corrected chi connectivity index (χ0v) is 24.8. The molecule has 0 aromatic heterocycles. The average Bonchev–Trinajstić information content (AvgIpc) is 2.85. The maximum atomic E-state index is 14.1. The molecule has 1 fully saturated rings. The highest BCUT2D eigenvalue weighted by Gasteiger charge is 2.42. The molecule has 2 aliphatic heterocycles. The summed E-state index contributed by atoms with van der Waals surface area (Å²) >= 11 is 5.85. The van der Waals surface area contributed by atoms with Crippen molar-refractivity contribution >= 4 is 41.1 Å². The van der Waals surface area contributed by atoms with Gasteiger partial charge in [0.25, 0.3) is 11.8 Å². The molecule has 10 nitrogen and oxygen atoms in total. The van der Waals surface area contributed by atoms with Crippen LogP contribution < -0.4 is 15.0 Å². The van der Waals surface area contributed by atoms with Crippen LogP contribution in [0.4, 0.5) is 10.5 Å². The first-order valence-corrected chi connectivity index (χ1v) is 14.0. The molecular weight excluding hydrogens is 524 g/mol. The molecule has 0 aliphatic carbocycles. The Labute approximate surface area is 235 Å². The van der Waals surface area contributed by atoms with Crippen molar-refractivity contribution in [2.75, 3.05) is 31.1 Å². The average molecular weight is 565 g/mol. The standard InChI is InChI=1S/C28H41ClN4O6/c1-8-24(34)30-11-13-32-22-15-21(18(4)14-23(22)39-28(6,7)26(32)36)25(35)33(17(2)3)20-10-9-12-31(16-20)27(37)38-19(5)29/h14-15,17,19-20H,8-13,16H2,1-7H3,(H,30,34)/t19?,20-/m1/s1. The third-order valence-corrected chi connectivity index (χ3v) is 7.12. The maximum Gasteiger partial charge on any atom is 0.411 e. The van der Waals surface area contributed by atoms with E-state index in [2.05, 4.69) is 5.32 Å². The van der Waals surface area contributed by atoms with Crippen molar-refractivity contribution in [2.24, 2.45) is 0 Å². The smallest absolute Gasteiger partial charge is 0.411 e. The number of alkyl halides is 1. The monoisotopic (exact) mass is 564 g/mol. The van der Waals surface area contributed by atoms with Crippen LogP contribution in [-0.4, -0.2) is 83.0 Å². The summed E-state index contributed by atoms with van der Waals surface area (Å²) in [5, 5.41) is 2.81. The number of ether oxygens (including phenoxy) is 2. The summed E-state index contributed by atoms with van der Waals surface area (Å²) in [6.45, 7) is 13.9. The third kappa shape index (κ3) is 6.96. The topological polar surface area (TPSA) is 108 Å². The molecule has 1 aromatic rings. The lowest BCUT2D eigenvalue weighted by Crippen LogP contribution is -2.55. The molecule has 1 aromatic carbocycles. The van der Waals surface area contributed by atoms with Crippen molar-refractivity contribution in [2.45, 2.75) is 91.0 Å². The zero-order chi connectivity index (χ0) is 29.1. The number of rotatable bonds is 8. The van der Waals surface area contributed by atoms with Gasteiger partial charge in [-0.3, -0.25) is 14.4 Å². The summed E-state index contributed by atoms with van der Waals surface area (Å²) < 4.78 is 11.2. The van der Waals surface area contributed by atoms with E-state index in [1.54, 1.807) is 54.5 Å². The van der Waals surface area contributed by atoms with Gasteiger partial charge in [-0.25, -0.2) is 4.79 Å². The lowest BCUT2D eigenvalue weighted by atomic mass is 9.97. The van der Waals surface area contributed by atoms with Gasteiger partial charge < -0.3 is 29.5 Å². The first kappa shape index (κ1) is 30.5. The number of amides is 4. The Morgan fingerprint density at radius 3 is 2.56 bits per heavy atom. The van der Waals surface area contributed by atoms with Crippen LogP contribution in [0.1, 0.15) is 76.7 Å². The van der Waals surface area contributed by atoms with Crippen LogP contribution in [0.3, 0.4) is 0 Å². The molecule has 1 saturated heterocycles. The van der Waals surface area contributed by atoms with Gasteiger partial charge in [0.2, 0.25) is 5.91 Å². The minimum atomic E-state index is -1.09. The summed E-state index contributed by atoms with van der Waals surface area (Å²) in [6.07, 6.45) is 1.33. The number of fused-ring (bicyclic) bond motifs is 1. The van der Waals surface area contributed by atoms with Gasteiger partial charge >= 0.3 is 6.09 Å². The highest BCUT2D eigenvalue weighted by molar-refractivity contribution is 6.19. The van der Waals surface area contributed by atoms with Crippen LogP contribution in [0.5, 0.6) is 5.75 Å². The van der Waals surface area contributed by atoms with E-state index < -0.39 is 17.3 Å². The van der Waals surface area contributed by atoms with E-state index >= 15 is 0 Å². The summed E-state index contributed by atoms with van der Waals surface area (Å²) in [5.74, 6) is -0.0341. The van der Waals surface area contributed by atoms with Gasteiger partial charge in [-0.1, -0.05) is 18.5 Å². The molecule has 11 heteroatoms. The van der Waals surface area contributed by atoms with E-state index in [1.165, 1.54) is 0 Å². The van der Waals surface area contributed by atoms with Gasteiger partial charge in [0.1, 0.15) is 5.75 Å². The molecule has 0 bridgehead atoms. The second-order valence-electron chi connectivity index (χ2n) is 10.9. The Balaban J connectivity index is 1.93. The summed E-state index contributed by atoms with van der Waals surface area (Å²) in [6, 6.07) is 3.15. The second kappa shape index (κ2) is 12.4. The van der Waals surface area contributed by atoms with E-state index in [4.69, 9.17) is 21.1 Å². The van der Waals surface area contributed by atoms with E-state index in [1.807, 2.05) is 20.8 Å². The second-order valence-corrected chi connectivity index (χ2v) is 11.5. The van der Waals surface area contributed by atoms with E-state index in [0.29, 0.717) is 36.5 Å². The number of nitrogens with one attached hydrogen (secondary N) is 1. The molecule has 2 atom stereocenters. The number of aryl methyl sites for hydroxylation is 1. The van der Waals surface area contributed by atoms with Crippen molar-refractivity contribution < 1.29 is 28.7 Å². The number of carbonyl (C=O) groups excluding carboxylic acids is 4. The molecule has 4 amide bonds. The van der Waals surface area contributed by atoms with Crippen molar-refractivity contribution in [1.82, 2.24) is 15.1 Å². The lowest BCUT2D eigenvalue weighted by molar-refractivity contribution is -0.132. The van der Waals surface area contributed by atoms with Gasteiger partial charge in [-0.2, -0.15) is 0 Å². The Morgan fingerprint density at radius 2 is 1.95 bits per heavy atom. The molecule has 0 spiro atoms. The molecule has 0 radical (unpaired) electrons. The molecule has 216 valence electrons. The molecule has 1 N–H and O–H groups in total. The molecule has 3 rings (SSSR count). The SMILES string of the molecule is CCC(=O)NCCN1C(=O)C(C)(C)Oc2cc(C)c(C(=O)N(C(C)C)[C@@H]3CCCN(C(=O)OC(C)Cl)C3)cc21. The molecular formula is C28H41ClN4O6. The van der Waals surface area contributed by atoms with Gasteiger partial charge in [0.05, 0.1) is 11.7 Å². The first-order chi connectivity index (χ1) is 18.3. The number of nitrogens with zero attached hydrogens (tertiary/aromatic N) is 3. The maximum absolute atomic E-state index is 14.1. The van der Waals surface area contributed by atoms with Crippen LogP contribution >= 0.6 is 11.6 Å². The lowest BCUT2D eigenvalue weighted by Gasteiger charge is -2.42. The third-order valence-electron chi connectivity index (χ3n) is 7.03. The predicted octanol–water partition coefficient (Wildman–Crippen LogP) is 4.06. The van der Waals surface area contributed by atoms with Crippen LogP contribution in [0.2, 0.25) is 0 Å². The van der Waals surface area contributed by atoms with Crippen molar-refractivity contribution in [1.29, 1.82) is 0 Å². The number of hydrogen-bond donors (Lipinski definition) is 1. The van der Waals surface area contributed by atoms with Gasteiger partial charge in [-0.15, -0.1) is 0 Å². The number of hydrogen-bond acceptors (Lipinski definition) is 6. The molecule has 0 saturated carbocycles.